The van der Waals surface area contributed by atoms with Gasteiger partial charge in [-0.25, -0.2) is 4.98 Å². The van der Waals surface area contributed by atoms with E-state index in [2.05, 4.69) is 16.0 Å². The van der Waals surface area contributed by atoms with Crippen molar-refractivity contribution >= 4 is 16.6 Å². The van der Waals surface area contributed by atoms with Crippen molar-refractivity contribution in [1.82, 2.24) is 4.98 Å². The van der Waals surface area contributed by atoms with E-state index in [1.807, 2.05) is 24.4 Å². The van der Waals surface area contributed by atoms with Crippen molar-refractivity contribution in [2.75, 3.05) is 31.7 Å². The number of benzene rings is 1. The zero-order valence-electron chi connectivity index (χ0n) is 13.0. The first-order valence-electron chi connectivity index (χ1n) is 8.15. The van der Waals surface area contributed by atoms with Crippen molar-refractivity contribution in [1.29, 1.82) is 0 Å². The van der Waals surface area contributed by atoms with Crippen molar-refractivity contribution in [3.8, 4) is 5.75 Å². The van der Waals surface area contributed by atoms with Gasteiger partial charge < -0.3 is 14.4 Å². The molecule has 1 aliphatic heterocycles. The first-order chi connectivity index (χ1) is 10.9. The molecule has 2 aliphatic rings. The highest BCUT2D eigenvalue weighted by Crippen LogP contribution is 2.35. The SMILES string of the molecule is COc1cccc2c(N3CCOC(C4CCC4)C3)nccc12. The van der Waals surface area contributed by atoms with E-state index in [0.717, 1.165) is 48.0 Å². The van der Waals surface area contributed by atoms with Crippen molar-refractivity contribution in [3.63, 3.8) is 0 Å². The summed E-state index contributed by atoms with van der Waals surface area (Å²) < 4.78 is 11.5. The fourth-order valence-electron chi connectivity index (χ4n) is 3.56. The highest BCUT2D eigenvalue weighted by atomic mass is 16.5. The van der Waals surface area contributed by atoms with Gasteiger partial charge in [-0.05, 0) is 30.9 Å². The van der Waals surface area contributed by atoms with Crippen LogP contribution in [-0.4, -0.2) is 37.9 Å². The summed E-state index contributed by atoms with van der Waals surface area (Å²) in [5.74, 6) is 2.71. The van der Waals surface area contributed by atoms with Crippen molar-refractivity contribution in [2.24, 2.45) is 5.92 Å². The van der Waals surface area contributed by atoms with Crippen LogP contribution in [0.15, 0.2) is 30.5 Å². The molecule has 1 unspecified atom stereocenters. The molecule has 2 aromatic rings. The van der Waals surface area contributed by atoms with Crippen LogP contribution in [0.1, 0.15) is 19.3 Å². The number of hydrogen-bond donors (Lipinski definition) is 0. The number of methoxy groups -OCH3 is 1. The van der Waals surface area contributed by atoms with Gasteiger partial charge in [-0.2, -0.15) is 0 Å². The lowest BCUT2D eigenvalue weighted by molar-refractivity contribution is -0.0225. The minimum atomic E-state index is 0.366. The number of morpholine rings is 1. The number of nitrogens with zero attached hydrogens (tertiary/aromatic N) is 2. The second-order valence-electron chi connectivity index (χ2n) is 6.24. The Labute approximate surface area is 131 Å². The highest BCUT2D eigenvalue weighted by molar-refractivity contribution is 5.96. The smallest absolute Gasteiger partial charge is 0.136 e. The molecule has 1 aromatic carbocycles. The van der Waals surface area contributed by atoms with Crippen LogP contribution in [0.5, 0.6) is 5.75 Å². The summed E-state index contributed by atoms with van der Waals surface area (Å²) in [5, 5.41) is 2.29. The van der Waals surface area contributed by atoms with Crippen LogP contribution in [0.4, 0.5) is 5.82 Å². The molecule has 0 amide bonds. The summed E-state index contributed by atoms with van der Waals surface area (Å²) >= 11 is 0. The third-order valence-electron chi connectivity index (χ3n) is 5.03. The van der Waals surface area contributed by atoms with Gasteiger partial charge in [0.05, 0.1) is 19.8 Å². The van der Waals surface area contributed by atoms with Crippen LogP contribution in [0, 0.1) is 5.92 Å². The topological polar surface area (TPSA) is 34.6 Å². The van der Waals surface area contributed by atoms with Gasteiger partial charge >= 0.3 is 0 Å². The standard InChI is InChI=1S/C18H22N2O2/c1-21-16-7-3-6-15-14(16)8-9-19-18(15)20-10-11-22-17(12-20)13-4-2-5-13/h3,6-9,13,17H,2,4-5,10-12H2,1H3. The third-order valence-corrected chi connectivity index (χ3v) is 5.03. The molecule has 0 N–H and O–H groups in total. The Morgan fingerprint density at radius 3 is 2.91 bits per heavy atom. The Morgan fingerprint density at radius 2 is 2.14 bits per heavy atom. The maximum atomic E-state index is 6.00. The van der Waals surface area contributed by atoms with Gasteiger partial charge in [0.25, 0.3) is 0 Å². The van der Waals surface area contributed by atoms with Gasteiger partial charge in [-0.1, -0.05) is 18.6 Å². The molecule has 1 saturated carbocycles. The molecule has 1 aromatic heterocycles. The molecule has 116 valence electrons. The molecule has 22 heavy (non-hydrogen) atoms. The van der Waals surface area contributed by atoms with E-state index < -0.39 is 0 Å². The molecule has 4 rings (SSSR count). The van der Waals surface area contributed by atoms with E-state index in [9.17, 15) is 0 Å². The van der Waals surface area contributed by atoms with E-state index in [1.54, 1.807) is 7.11 Å². The summed E-state index contributed by atoms with van der Waals surface area (Å²) in [6.45, 7) is 2.66. The number of aromatic nitrogens is 1. The van der Waals surface area contributed by atoms with E-state index >= 15 is 0 Å². The van der Waals surface area contributed by atoms with E-state index in [4.69, 9.17) is 9.47 Å². The molecule has 0 spiro atoms. The van der Waals surface area contributed by atoms with Gasteiger partial charge in [-0.3, -0.25) is 0 Å². The van der Waals surface area contributed by atoms with Crippen molar-refractivity contribution < 1.29 is 9.47 Å². The summed E-state index contributed by atoms with van der Waals surface area (Å²) in [6.07, 6.45) is 6.23. The van der Waals surface area contributed by atoms with Gasteiger partial charge in [0.15, 0.2) is 0 Å². The first kappa shape index (κ1) is 13.8. The van der Waals surface area contributed by atoms with Gasteiger partial charge in [-0.15, -0.1) is 0 Å². The third kappa shape index (κ3) is 2.31. The van der Waals surface area contributed by atoms with E-state index in [1.165, 1.54) is 19.3 Å². The number of pyridine rings is 1. The van der Waals surface area contributed by atoms with Gasteiger partial charge in [0.1, 0.15) is 11.6 Å². The van der Waals surface area contributed by atoms with Gasteiger partial charge in [0, 0.05) is 30.1 Å². The zero-order chi connectivity index (χ0) is 14.9. The molecular formula is C18H22N2O2. The molecule has 0 radical (unpaired) electrons. The zero-order valence-corrected chi connectivity index (χ0v) is 13.0. The fourth-order valence-corrected chi connectivity index (χ4v) is 3.56. The van der Waals surface area contributed by atoms with Crippen LogP contribution in [0.25, 0.3) is 10.8 Å². The summed E-state index contributed by atoms with van der Waals surface area (Å²) in [7, 11) is 1.72. The van der Waals surface area contributed by atoms with Crippen LogP contribution in [0.3, 0.4) is 0 Å². The van der Waals surface area contributed by atoms with Crippen molar-refractivity contribution in [3.05, 3.63) is 30.5 Å². The Hall–Kier alpha value is -1.81. The summed E-state index contributed by atoms with van der Waals surface area (Å²) in [4.78, 5) is 7.04. The van der Waals surface area contributed by atoms with Crippen LogP contribution in [-0.2, 0) is 4.74 Å². The predicted molar refractivity (Wildman–Crippen MR) is 87.6 cm³/mol. The molecule has 4 heteroatoms. The maximum absolute atomic E-state index is 6.00. The highest BCUT2D eigenvalue weighted by Gasteiger charge is 2.32. The normalized spacial score (nSPS) is 22.6. The first-order valence-corrected chi connectivity index (χ1v) is 8.15. The lowest BCUT2D eigenvalue weighted by atomic mass is 9.80. The molecule has 4 nitrogen and oxygen atoms in total. The minimum absolute atomic E-state index is 0.366. The summed E-state index contributed by atoms with van der Waals surface area (Å²) in [5.41, 5.74) is 0. The predicted octanol–water partition coefficient (Wildman–Crippen LogP) is 3.25. The Morgan fingerprint density at radius 1 is 1.23 bits per heavy atom. The molecule has 1 saturated heterocycles. The van der Waals surface area contributed by atoms with Gasteiger partial charge in [0.2, 0.25) is 0 Å². The van der Waals surface area contributed by atoms with Crippen LogP contribution >= 0.6 is 0 Å². The lowest BCUT2D eigenvalue weighted by Gasteiger charge is -2.41. The molecule has 0 bridgehead atoms. The fraction of sp³-hybridized carbons (Fsp3) is 0.500. The second-order valence-corrected chi connectivity index (χ2v) is 6.24. The van der Waals surface area contributed by atoms with Crippen LogP contribution < -0.4 is 9.64 Å². The molecule has 1 atom stereocenters. The minimum Gasteiger partial charge on any atom is -0.496 e. The number of anilines is 1. The Kier molecular flexibility index (Phi) is 3.62. The van der Waals surface area contributed by atoms with E-state index in [0.29, 0.717) is 6.10 Å². The average molecular weight is 298 g/mol. The Balaban J connectivity index is 1.68. The number of rotatable bonds is 3. The second kappa shape index (κ2) is 5.76. The average Bonchev–Trinajstić information content (AvgIpc) is 2.52. The Bertz CT molecular complexity index is 669. The number of ether oxygens (including phenoxy) is 2. The van der Waals surface area contributed by atoms with E-state index in [-0.39, 0.29) is 0 Å². The summed E-state index contributed by atoms with van der Waals surface area (Å²) in [6, 6.07) is 8.20. The molecule has 2 fully saturated rings. The molecule has 1 aliphatic carbocycles. The van der Waals surface area contributed by atoms with Crippen LogP contribution in [0.2, 0.25) is 0 Å². The lowest BCUT2D eigenvalue weighted by Crippen LogP contribution is -2.47. The maximum Gasteiger partial charge on any atom is 0.136 e. The largest absolute Gasteiger partial charge is 0.496 e. The number of fused-ring (bicyclic) bond motifs is 1. The molecule has 2 heterocycles. The monoisotopic (exact) mass is 298 g/mol. The van der Waals surface area contributed by atoms with Crippen molar-refractivity contribution in [2.45, 2.75) is 25.4 Å². The quantitative estimate of drug-likeness (QED) is 0.871. The number of hydrogen-bond acceptors (Lipinski definition) is 4. The molecular weight excluding hydrogens is 276 g/mol.